The van der Waals surface area contributed by atoms with E-state index in [1.807, 2.05) is 0 Å². The quantitative estimate of drug-likeness (QED) is 0.312. The third kappa shape index (κ3) is 4.81. The number of sulfonamides is 1. The van der Waals surface area contributed by atoms with E-state index in [0.29, 0.717) is 22.1 Å². The molecule has 5 rings (SSSR count). The SMILES string of the molecule is O=C(O)C1(NS(=O)(=O)c2ccc(-c3ccc(Cl)cc3)s2)CC1c1cccc(Oc2cccnc2)c1. The molecule has 0 aliphatic heterocycles. The number of aliphatic carboxylic acids is 1. The van der Waals surface area contributed by atoms with Crippen molar-refractivity contribution in [3.8, 4) is 21.9 Å². The van der Waals surface area contributed by atoms with Gasteiger partial charge in [0.2, 0.25) is 0 Å². The molecule has 2 N–H and O–H groups in total. The van der Waals surface area contributed by atoms with Crippen molar-refractivity contribution in [2.24, 2.45) is 0 Å². The lowest BCUT2D eigenvalue weighted by Crippen LogP contribution is -2.44. The number of nitrogens with zero attached hydrogens (tertiary/aromatic N) is 1. The van der Waals surface area contributed by atoms with E-state index in [0.717, 1.165) is 21.8 Å². The van der Waals surface area contributed by atoms with Gasteiger partial charge in [0.25, 0.3) is 10.0 Å². The molecular weight excluding hydrogens is 508 g/mol. The molecule has 35 heavy (non-hydrogen) atoms. The number of pyridine rings is 1. The predicted molar refractivity (Wildman–Crippen MR) is 134 cm³/mol. The molecule has 2 unspecified atom stereocenters. The van der Waals surface area contributed by atoms with E-state index >= 15 is 0 Å². The smallest absolute Gasteiger partial charge is 0.325 e. The van der Waals surface area contributed by atoms with Gasteiger partial charge in [0, 0.05) is 22.0 Å². The van der Waals surface area contributed by atoms with E-state index in [-0.39, 0.29) is 10.6 Å². The number of ether oxygens (including phenoxy) is 1. The van der Waals surface area contributed by atoms with Crippen molar-refractivity contribution in [1.29, 1.82) is 0 Å². The standard InChI is InChI=1S/C25H19ClN2O5S2/c26-18-8-6-16(7-9-18)22-10-11-23(34-22)35(31,32)28-25(24(29)30)14-21(25)17-3-1-4-19(13-17)33-20-5-2-12-27-15-20/h1-13,15,21,28H,14H2,(H,29,30). The first-order chi connectivity index (χ1) is 16.8. The van der Waals surface area contributed by atoms with Gasteiger partial charge in [0.05, 0.1) is 6.20 Å². The zero-order valence-corrected chi connectivity index (χ0v) is 20.5. The van der Waals surface area contributed by atoms with Crippen LogP contribution in [-0.2, 0) is 14.8 Å². The van der Waals surface area contributed by atoms with Gasteiger partial charge in [-0.05, 0) is 66.1 Å². The second-order valence-corrected chi connectivity index (χ2v) is 11.6. The summed E-state index contributed by atoms with van der Waals surface area (Å²) in [4.78, 5) is 17.0. The van der Waals surface area contributed by atoms with Crippen molar-refractivity contribution in [3.63, 3.8) is 0 Å². The first-order valence-corrected chi connectivity index (χ1v) is 13.3. The number of aromatic nitrogens is 1. The second-order valence-electron chi connectivity index (χ2n) is 8.13. The van der Waals surface area contributed by atoms with Gasteiger partial charge >= 0.3 is 5.97 Å². The number of benzene rings is 2. The maximum absolute atomic E-state index is 13.2. The van der Waals surface area contributed by atoms with Crippen molar-refractivity contribution in [1.82, 2.24) is 9.71 Å². The molecule has 2 aromatic carbocycles. The summed E-state index contributed by atoms with van der Waals surface area (Å²) in [7, 11) is -4.07. The lowest BCUT2D eigenvalue weighted by molar-refractivity contribution is -0.140. The minimum atomic E-state index is -4.07. The van der Waals surface area contributed by atoms with Crippen LogP contribution < -0.4 is 9.46 Å². The van der Waals surface area contributed by atoms with Crippen molar-refractivity contribution in [2.75, 3.05) is 0 Å². The van der Waals surface area contributed by atoms with Crippen LogP contribution in [0.1, 0.15) is 17.9 Å². The van der Waals surface area contributed by atoms with E-state index in [1.54, 1.807) is 79.1 Å². The van der Waals surface area contributed by atoms with Gasteiger partial charge in [-0.3, -0.25) is 9.78 Å². The number of hydrogen-bond acceptors (Lipinski definition) is 6. The maximum Gasteiger partial charge on any atom is 0.325 e. The maximum atomic E-state index is 13.2. The zero-order valence-electron chi connectivity index (χ0n) is 18.1. The van der Waals surface area contributed by atoms with Gasteiger partial charge in [-0.2, -0.15) is 4.72 Å². The highest BCUT2D eigenvalue weighted by atomic mass is 35.5. The molecule has 4 aromatic rings. The van der Waals surface area contributed by atoms with Crippen LogP contribution in [0.3, 0.4) is 0 Å². The van der Waals surface area contributed by atoms with Crippen LogP contribution in [0.5, 0.6) is 11.5 Å². The fraction of sp³-hybridized carbons (Fsp3) is 0.120. The van der Waals surface area contributed by atoms with Gasteiger partial charge < -0.3 is 9.84 Å². The predicted octanol–water partition coefficient (Wildman–Crippen LogP) is 5.55. The largest absolute Gasteiger partial charge is 0.480 e. The highest BCUT2D eigenvalue weighted by Gasteiger charge is 2.63. The number of carbonyl (C=O) groups is 1. The molecule has 0 bridgehead atoms. The average molecular weight is 527 g/mol. The lowest BCUT2D eigenvalue weighted by atomic mass is 10.1. The fourth-order valence-corrected chi connectivity index (χ4v) is 6.76. The highest BCUT2D eigenvalue weighted by Crippen LogP contribution is 2.53. The van der Waals surface area contributed by atoms with E-state index in [4.69, 9.17) is 16.3 Å². The number of thiophene rings is 1. The van der Waals surface area contributed by atoms with Crippen LogP contribution in [0, 0.1) is 0 Å². The summed E-state index contributed by atoms with van der Waals surface area (Å²) in [5.74, 6) is -0.711. The summed E-state index contributed by atoms with van der Waals surface area (Å²) in [6.45, 7) is 0. The van der Waals surface area contributed by atoms with Crippen LogP contribution in [-0.4, -0.2) is 30.0 Å². The molecule has 1 fully saturated rings. The molecule has 0 amide bonds. The number of rotatable bonds is 8. The lowest BCUT2D eigenvalue weighted by Gasteiger charge is -2.15. The van der Waals surface area contributed by atoms with Crippen molar-refractivity contribution in [3.05, 3.63) is 95.8 Å². The van der Waals surface area contributed by atoms with E-state index in [2.05, 4.69) is 9.71 Å². The molecule has 1 saturated carbocycles. The number of halogens is 1. The van der Waals surface area contributed by atoms with Gasteiger partial charge in [-0.25, -0.2) is 8.42 Å². The summed E-state index contributed by atoms with van der Waals surface area (Å²) in [5.41, 5.74) is -0.135. The Morgan fingerprint density at radius 3 is 2.57 bits per heavy atom. The van der Waals surface area contributed by atoms with Gasteiger partial charge in [0.15, 0.2) is 0 Å². The molecule has 0 saturated heterocycles. The Morgan fingerprint density at radius 1 is 1.09 bits per heavy atom. The number of nitrogens with one attached hydrogen (secondary N) is 1. The Bertz CT molecular complexity index is 1490. The number of hydrogen-bond donors (Lipinski definition) is 2. The van der Waals surface area contributed by atoms with E-state index in [9.17, 15) is 18.3 Å². The molecule has 2 aromatic heterocycles. The Hall–Kier alpha value is -3.24. The van der Waals surface area contributed by atoms with Gasteiger partial charge in [-0.1, -0.05) is 35.9 Å². The summed E-state index contributed by atoms with van der Waals surface area (Å²) < 4.78 is 34.6. The molecular formula is C25H19ClN2O5S2. The van der Waals surface area contributed by atoms with Crippen molar-refractivity contribution >= 4 is 38.9 Å². The molecule has 1 aliphatic carbocycles. The molecule has 0 radical (unpaired) electrons. The number of carboxylic acid groups (broad SMARTS) is 1. The summed E-state index contributed by atoms with van der Waals surface area (Å²) in [5, 5.41) is 10.6. The Morgan fingerprint density at radius 2 is 1.86 bits per heavy atom. The van der Waals surface area contributed by atoms with Crippen LogP contribution in [0.15, 0.2) is 89.4 Å². The summed E-state index contributed by atoms with van der Waals surface area (Å²) in [6.07, 6.45) is 3.33. The molecule has 2 atom stereocenters. The van der Waals surface area contributed by atoms with Crippen molar-refractivity contribution < 1.29 is 23.1 Å². The minimum Gasteiger partial charge on any atom is -0.480 e. The molecule has 10 heteroatoms. The zero-order chi connectivity index (χ0) is 24.6. The Balaban J connectivity index is 1.37. The normalized spacial score (nSPS) is 19.3. The average Bonchev–Trinajstić information content (AvgIpc) is 3.33. The number of carboxylic acids is 1. The van der Waals surface area contributed by atoms with Gasteiger partial charge in [-0.15, -0.1) is 11.3 Å². The molecule has 178 valence electrons. The van der Waals surface area contributed by atoms with Crippen molar-refractivity contribution in [2.45, 2.75) is 22.1 Å². The third-order valence-electron chi connectivity index (χ3n) is 5.76. The van der Waals surface area contributed by atoms with Crippen LogP contribution in [0.2, 0.25) is 5.02 Å². The van der Waals surface area contributed by atoms with Gasteiger partial charge in [0.1, 0.15) is 21.2 Å². The minimum absolute atomic E-state index is 0.0439. The third-order valence-corrected chi connectivity index (χ3v) is 9.15. The summed E-state index contributed by atoms with van der Waals surface area (Å²) >= 11 is 7.00. The summed E-state index contributed by atoms with van der Waals surface area (Å²) in [6, 6.07) is 20.7. The van der Waals surface area contributed by atoms with Crippen LogP contribution in [0.25, 0.3) is 10.4 Å². The highest BCUT2D eigenvalue weighted by molar-refractivity contribution is 7.91. The topological polar surface area (TPSA) is 106 Å². The fourth-order valence-electron chi connectivity index (χ4n) is 3.92. The van der Waals surface area contributed by atoms with Crippen LogP contribution >= 0.6 is 22.9 Å². The second kappa shape index (κ2) is 9.09. The van der Waals surface area contributed by atoms with E-state index in [1.165, 1.54) is 6.07 Å². The van der Waals surface area contributed by atoms with Crippen LogP contribution in [0.4, 0.5) is 0 Å². The Labute approximate surface area is 211 Å². The molecule has 7 nitrogen and oxygen atoms in total. The Kier molecular flexibility index (Phi) is 6.10. The first-order valence-electron chi connectivity index (χ1n) is 10.6. The molecule has 0 spiro atoms. The molecule has 1 aliphatic rings. The molecule has 2 heterocycles. The monoisotopic (exact) mass is 526 g/mol. The first kappa shape index (κ1) is 23.5. The van der Waals surface area contributed by atoms with E-state index < -0.39 is 27.4 Å².